The fraction of sp³-hybridized carbons (Fsp3) is 0.731. The average Bonchev–Trinajstić information content (AvgIpc) is 3.24. The highest BCUT2D eigenvalue weighted by molar-refractivity contribution is 5.93. The Labute approximate surface area is 205 Å². The molecule has 2 heterocycles. The average molecular weight is 495 g/mol. The molecular formula is C26H38O9. The molecule has 0 unspecified atom stereocenters. The monoisotopic (exact) mass is 494 g/mol. The van der Waals surface area contributed by atoms with Gasteiger partial charge in [-0.15, -0.1) is 0 Å². The Kier molecular flexibility index (Phi) is 7.60. The van der Waals surface area contributed by atoms with E-state index >= 15 is 0 Å². The van der Waals surface area contributed by atoms with Gasteiger partial charge in [-0.2, -0.15) is 0 Å². The molecule has 10 atom stereocenters. The minimum atomic E-state index is -1.52. The van der Waals surface area contributed by atoms with Gasteiger partial charge in [0.2, 0.25) is 0 Å². The van der Waals surface area contributed by atoms with Crippen LogP contribution < -0.4 is 0 Å². The minimum absolute atomic E-state index is 0.00497. The summed E-state index contributed by atoms with van der Waals surface area (Å²) in [6.07, 6.45) is 1.03. The molecule has 4 rings (SSSR count). The Morgan fingerprint density at radius 3 is 2.57 bits per heavy atom. The second-order valence-electron chi connectivity index (χ2n) is 10.9. The highest BCUT2D eigenvalue weighted by Crippen LogP contribution is 2.61. The van der Waals surface area contributed by atoms with Crippen molar-refractivity contribution >= 4 is 5.97 Å². The number of carbonyl (C=O) groups is 1. The summed E-state index contributed by atoms with van der Waals surface area (Å²) >= 11 is 0. The number of hydrogen-bond donors (Lipinski definition) is 5. The van der Waals surface area contributed by atoms with Gasteiger partial charge in [-0.1, -0.05) is 38.2 Å². The zero-order chi connectivity index (χ0) is 25.5. The lowest BCUT2D eigenvalue weighted by Gasteiger charge is -2.60. The van der Waals surface area contributed by atoms with Gasteiger partial charge < -0.3 is 39.7 Å². The van der Waals surface area contributed by atoms with Crippen molar-refractivity contribution in [3.8, 4) is 0 Å². The van der Waals surface area contributed by atoms with Gasteiger partial charge in [0.25, 0.3) is 0 Å². The Bertz CT molecular complexity index is 882. The first-order chi connectivity index (χ1) is 16.5. The van der Waals surface area contributed by atoms with E-state index in [0.717, 1.165) is 24.8 Å². The summed E-state index contributed by atoms with van der Waals surface area (Å²) in [6.45, 7) is 8.27. The molecule has 35 heavy (non-hydrogen) atoms. The lowest BCUT2D eigenvalue weighted by molar-refractivity contribution is -0.312. The first-order valence-electron chi connectivity index (χ1n) is 12.4. The van der Waals surface area contributed by atoms with Crippen molar-refractivity contribution in [2.45, 2.75) is 76.3 Å². The Morgan fingerprint density at radius 2 is 1.91 bits per heavy atom. The van der Waals surface area contributed by atoms with E-state index in [1.54, 1.807) is 6.08 Å². The largest absolute Gasteiger partial charge is 0.458 e. The zero-order valence-corrected chi connectivity index (χ0v) is 20.4. The third-order valence-electron chi connectivity index (χ3n) is 8.84. The molecular weight excluding hydrogens is 456 g/mol. The van der Waals surface area contributed by atoms with Gasteiger partial charge in [-0.3, -0.25) is 0 Å². The van der Waals surface area contributed by atoms with Crippen molar-refractivity contribution in [2.24, 2.45) is 22.7 Å². The van der Waals surface area contributed by atoms with E-state index in [-0.39, 0.29) is 36.4 Å². The number of allylic oxidation sites excluding steroid dienone is 2. The summed E-state index contributed by atoms with van der Waals surface area (Å²) in [5.74, 6) is -0.302. The van der Waals surface area contributed by atoms with Gasteiger partial charge in [-0.25, -0.2) is 4.79 Å². The summed E-state index contributed by atoms with van der Waals surface area (Å²) in [7, 11) is 0. The van der Waals surface area contributed by atoms with Crippen molar-refractivity contribution in [2.75, 3.05) is 19.8 Å². The maximum absolute atomic E-state index is 11.9. The van der Waals surface area contributed by atoms with Crippen LogP contribution in [0.4, 0.5) is 0 Å². The van der Waals surface area contributed by atoms with E-state index in [2.05, 4.69) is 13.5 Å². The molecule has 0 radical (unpaired) electrons. The van der Waals surface area contributed by atoms with Crippen molar-refractivity contribution in [3.05, 3.63) is 36.0 Å². The van der Waals surface area contributed by atoms with E-state index in [9.17, 15) is 30.3 Å². The second-order valence-corrected chi connectivity index (χ2v) is 10.9. The van der Waals surface area contributed by atoms with Crippen LogP contribution in [-0.4, -0.2) is 88.1 Å². The lowest BCUT2D eigenvalue weighted by Crippen LogP contribution is -2.61. The first-order valence-corrected chi connectivity index (χ1v) is 12.4. The minimum Gasteiger partial charge on any atom is -0.458 e. The number of aliphatic hydroxyl groups excluding tert-OH is 5. The smallest absolute Gasteiger partial charge is 0.338 e. The van der Waals surface area contributed by atoms with Crippen LogP contribution in [0.3, 0.4) is 0 Å². The number of aliphatic hydroxyl groups is 5. The molecule has 0 bridgehead atoms. The lowest BCUT2D eigenvalue weighted by atomic mass is 9.46. The molecule has 0 aromatic heterocycles. The highest BCUT2D eigenvalue weighted by atomic mass is 16.7. The van der Waals surface area contributed by atoms with Crippen LogP contribution >= 0.6 is 0 Å². The molecule has 0 aromatic carbocycles. The molecule has 4 aliphatic rings. The van der Waals surface area contributed by atoms with Crippen molar-refractivity contribution < 1.29 is 44.5 Å². The number of cyclic esters (lactones) is 1. The molecule has 9 heteroatoms. The quantitative estimate of drug-likeness (QED) is 0.264. The Morgan fingerprint density at radius 1 is 1.17 bits per heavy atom. The predicted octanol–water partition coefficient (Wildman–Crippen LogP) is 0.592. The molecule has 2 aliphatic heterocycles. The van der Waals surface area contributed by atoms with Gasteiger partial charge in [0.15, 0.2) is 6.29 Å². The molecule has 0 aromatic rings. The van der Waals surface area contributed by atoms with E-state index in [1.165, 1.54) is 0 Å². The van der Waals surface area contributed by atoms with Crippen LogP contribution in [-0.2, 0) is 19.0 Å². The third kappa shape index (κ3) is 4.64. The molecule has 2 aliphatic carbocycles. The fourth-order valence-electron chi connectivity index (χ4n) is 6.65. The molecule has 0 amide bonds. The van der Waals surface area contributed by atoms with E-state index in [4.69, 9.17) is 14.2 Å². The first kappa shape index (κ1) is 26.5. The van der Waals surface area contributed by atoms with E-state index < -0.39 is 48.8 Å². The molecule has 0 spiro atoms. The number of esters is 1. The van der Waals surface area contributed by atoms with Crippen molar-refractivity contribution in [3.63, 3.8) is 0 Å². The van der Waals surface area contributed by atoms with Crippen LogP contribution in [0.15, 0.2) is 36.0 Å². The molecule has 196 valence electrons. The summed E-state index contributed by atoms with van der Waals surface area (Å²) < 4.78 is 16.5. The van der Waals surface area contributed by atoms with E-state index in [0.29, 0.717) is 12.0 Å². The molecule has 9 nitrogen and oxygen atoms in total. The molecule has 3 fully saturated rings. The molecule has 1 saturated heterocycles. The predicted molar refractivity (Wildman–Crippen MR) is 125 cm³/mol. The van der Waals surface area contributed by atoms with Crippen LogP contribution in [0, 0.1) is 22.7 Å². The Balaban J connectivity index is 1.54. The van der Waals surface area contributed by atoms with Gasteiger partial charge in [0, 0.05) is 11.3 Å². The fourth-order valence-corrected chi connectivity index (χ4v) is 6.65. The van der Waals surface area contributed by atoms with Gasteiger partial charge in [0.05, 0.1) is 24.9 Å². The van der Waals surface area contributed by atoms with Crippen LogP contribution in [0.5, 0.6) is 0 Å². The van der Waals surface area contributed by atoms with Gasteiger partial charge >= 0.3 is 5.97 Å². The summed E-state index contributed by atoms with van der Waals surface area (Å²) in [4.78, 5) is 11.9. The third-order valence-corrected chi connectivity index (χ3v) is 8.84. The van der Waals surface area contributed by atoms with Crippen LogP contribution in [0.1, 0.15) is 39.5 Å². The Hall–Kier alpha value is -1.59. The summed E-state index contributed by atoms with van der Waals surface area (Å²) in [6, 6.07) is 0. The number of fused-ring (bicyclic) bond motifs is 1. The van der Waals surface area contributed by atoms with Crippen LogP contribution in [0.25, 0.3) is 0 Å². The maximum Gasteiger partial charge on any atom is 0.338 e. The number of rotatable bonds is 6. The maximum atomic E-state index is 11.9. The standard InChI is InChI=1S/C26H38O9/c1-14-4-7-18-25(2,16(14)6-5-15-9-11-33-23(15)32)10-8-19(28)26(18,3)13-34-24-22(31)21(30)20(29)17(12-27)35-24/h5-6,9,16-22,24,27-31H,1,4,7-8,10-13H2,2-3H3/t16-,17-,18+,19-,20-,21+,22-,24-,25+,26+/m1/s1. The molecule has 5 N–H and O–H groups in total. The van der Waals surface area contributed by atoms with Gasteiger partial charge in [0.1, 0.15) is 31.0 Å². The zero-order valence-electron chi connectivity index (χ0n) is 20.4. The number of carbonyl (C=O) groups excluding carboxylic acids is 1. The number of hydrogen-bond acceptors (Lipinski definition) is 9. The van der Waals surface area contributed by atoms with Crippen molar-refractivity contribution in [1.29, 1.82) is 0 Å². The SMILES string of the molecule is C=C1CC[C@@H]2[C@](C)(CO[C@@H]3O[C@H](CO)[C@@H](O)[C@H](O)[C@H]3O)[C@H](O)CC[C@@]2(C)[C@@H]1C=CC1=CCOC1=O. The van der Waals surface area contributed by atoms with Crippen LogP contribution in [0.2, 0.25) is 0 Å². The van der Waals surface area contributed by atoms with Crippen molar-refractivity contribution in [1.82, 2.24) is 0 Å². The number of ether oxygens (including phenoxy) is 3. The van der Waals surface area contributed by atoms with E-state index in [1.807, 2.05) is 19.1 Å². The molecule has 2 saturated carbocycles. The summed E-state index contributed by atoms with van der Waals surface area (Å²) in [5.41, 5.74) is 0.680. The second kappa shape index (κ2) is 10.0. The topological polar surface area (TPSA) is 146 Å². The summed E-state index contributed by atoms with van der Waals surface area (Å²) in [5, 5.41) is 51.1. The normalized spacial score (nSPS) is 46.4. The van der Waals surface area contributed by atoms with Gasteiger partial charge in [-0.05, 0) is 43.1 Å². The highest BCUT2D eigenvalue weighted by Gasteiger charge is 2.58.